The maximum atomic E-state index is 13.5. The molecular formula is C12H14ClFN4O2. The van der Waals surface area contributed by atoms with Crippen molar-refractivity contribution in [2.75, 3.05) is 12.0 Å². The van der Waals surface area contributed by atoms with Crippen LogP contribution in [-0.4, -0.2) is 29.4 Å². The van der Waals surface area contributed by atoms with E-state index in [-0.39, 0.29) is 10.7 Å². The molecule has 1 aliphatic heterocycles. The van der Waals surface area contributed by atoms with Crippen LogP contribution in [0.5, 0.6) is 0 Å². The van der Waals surface area contributed by atoms with Crippen LogP contribution < -0.4 is 16.6 Å². The number of primary amides is 1. The van der Waals surface area contributed by atoms with Gasteiger partial charge in [-0.15, -0.1) is 0 Å². The first-order chi connectivity index (χ1) is 9.49. The first-order valence-corrected chi connectivity index (χ1v) is 6.44. The Balaban J connectivity index is 1.96. The van der Waals surface area contributed by atoms with Gasteiger partial charge in [-0.3, -0.25) is 15.6 Å². The number of urea groups is 1. The number of nitrogens with two attached hydrogens (primary N) is 1. The van der Waals surface area contributed by atoms with E-state index in [2.05, 4.69) is 10.9 Å². The van der Waals surface area contributed by atoms with Gasteiger partial charge < -0.3 is 10.6 Å². The number of benzene rings is 1. The Kier molecular flexibility index (Phi) is 4.29. The lowest BCUT2D eigenvalue weighted by Crippen LogP contribution is -2.49. The first-order valence-electron chi connectivity index (χ1n) is 6.06. The lowest BCUT2D eigenvalue weighted by molar-refractivity contribution is -0.124. The molecule has 8 heteroatoms. The molecule has 0 aromatic heterocycles. The number of nitrogens with zero attached hydrogens (tertiary/aromatic N) is 1. The number of amides is 3. The topological polar surface area (TPSA) is 87.5 Å². The molecule has 0 radical (unpaired) electrons. The zero-order valence-corrected chi connectivity index (χ0v) is 11.3. The smallest absolute Gasteiger partial charge is 0.315 e. The van der Waals surface area contributed by atoms with Gasteiger partial charge in [-0.05, 0) is 31.0 Å². The number of rotatable bonds is 3. The summed E-state index contributed by atoms with van der Waals surface area (Å²) in [5.74, 6) is -1.02. The van der Waals surface area contributed by atoms with Crippen molar-refractivity contribution in [3.05, 3.63) is 29.0 Å². The maximum absolute atomic E-state index is 13.5. The van der Waals surface area contributed by atoms with E-state index in [1.54, 1.807) is 0 Å². The zero-order chi connectivity index (χ0) is 14.7. The Morgan fingerprint density at radius 2 is 2.20 bits per heavy atom. The molecule has 1 aromatic carbocycles. The molecule has 1 atom stereocenters. The van der Waals surface area contributed by atoms with Crippen molar-refractivity contribution in [2.24, 2.45) is 5.73 Å². The van der Waals surface area contributed by atoms with Gasteiger partial charge in [0.1, 0.15) is 11.9 Å². The summed E-state index contributed by atoms with van der Waals surface area (Å²) in [5, 5.41) is 0.259. The van der Waals surface area contributed by atoms with E-state index in [9.17, 15) is 14.0 Å². The van der Waals surface area contributed by atoms with E-state index in [4.69, 9.17) is 17.3 Å². The Hall–Kier alpha value is -2.02. The van der Waals surface area contributed by atoms with Crippen LogP contribution in [0.2, 0.25) is 5.02 Å². The standard InChI is InChI=1S/C12H14ClFN4O2/c13-7-3-4-9(8(14)6-7)16-17-11(19)10-2-1-5-18(10)12(15)20/h3-4,6,10,16H,1-2,5H2,(H2,15,20)(H,17,19). The average Bonchev–Trinajstić information content (AvgIpc) is 2.86. The number of anilines is 1. The second kappa shape index (κ2) is 5.96. The molecule has 3 amide bonds. The molecule has 2 rings (SSSR count). The molecule has 6 nitrogen and oxygen atoms in total. The van der Waals surface area contributed by atoms with Crippen LogP contribution in [0.3, 0.4) is 0 Å². The zero-order valence-electron chi connectivity index (χ0n) is 10.5. The van der Waals surface area contributed by atoms with Gasteiger partial charge in [0, 0.05) is 11.6 Å². The highest BCUT2D eigenvalue weighted by Crippen LogP contribution is 2.19. The Morgan fingerprint density at radius 3 is 2.85 bits per heavy atom. The maximum Gasteiger partial charge on any atom is 0.315 e. The third-order valence-electron chi connectivity index (χ3n) is 3.09. The van der Waals surface area contributed by atoms with E-state index in [0.717, 1.165) is 6.07 Å². The van der Waals surface area contributed by atoms with Gasteiger partial charge in [0.15, 0.2) is 0 Å². The summed E-state index contributed by atoms with van der Waals surface area (Å²) in [6.07, 6.45) is 1.23. The molecule has 20 heavy (non-hydrogen) atoms. The van der Waals surface area contributed by atoms with Gasteiger partial charge >= 0.3 is 6.03 Å². The summed E-state index contributed by atoms with van der Waals surface area (Å²) < 4.78 is 13.5. The number of carbonyl (C=O) groups is 2. The van der Waals surface area contributed by atoms with E-state index < -0.39 is 23.8 Å². The van der Waals surface area contributed by atoms with Gasteiger partial charge in [-0.2, -0.15) is 0 Å². The summed E-state index contributed by atoms with van der Waals surface area (Å²) in [6.45, 7) is 0.447. The second-order valence-electron chi connectivity index (χ2n) is 4.43. The van der Waals surface area contributed by atoms with Crippen LogP contribution in [0.4, 0.5) is 14.9 Å². The third-order valence-corrected chi connectivity index (χ3v) is 3.33. The molecule has 4 N–H and O–H groups in total. The SMILES string of the molecule is NC(=O)N1CCCC1C(=O)NNc1ccc(Cl)cc1F. The van der Waals surface area contributed by atoms with Crippen LogP contribution in [0, 0.1) is 5.82 Å². The monoisotopic (exact) mass is 300 g/mol. The van der Waals surface area contributed by atoms with Crippen molar-refractivity contribution in [3.63, 3.8) is 0 Å². The quantitative estimate of drug-likeness (QED) is 0.739. The minimum Gasteiger partial charge on any atom is -0.351 e. The summed E-state index contributed by atoms with van der Waals surface area (Å²) in [5.41, 5.74) is 10.1. The van der Waals surface area contributed by atoms with Crippen LogP contribution in [0.15, 0.2) is 18.2 Å². The number of hydrogen-bond donors (Lipinski definition) is 3. The van der Waals surface area contributed by atoms with Crippen LogP contribution in [0.1, 0.15) is 12.8 Å². The molecule has 108 valence electrons. The van der Waals surface area contributed by atoms with Gasteiger partial charge in [0.2, 0.25) is 0 Å². The van der Waals surface area contributed by atoms with Crippen LogP contribution in [-0.2, 0) is 4.79 Å². The predicted octanol–water partition coefficient (Wildman–Crippen LogP) is 1.47. The van der Waals surface area contributed by atoms with E-state index >= 15 is 0 Å². The number of halogens is 2. The molecule has 1 fully saturated rings. The highest BCUT2D eigenvalue weighted by Gasteiger charge is 2.32. The summed E-state index contributed by atoms with van der Waals surface area (Å²) in [6, 6.07) is 2.75. The molecule has 1 saturated heterocycles. The van der Waals surface area contributed by atoms with Crippen LogP contribution >= 0.6 is 11.6 Å². The highest BCUT2D eigenvalue weighted by molar-refractivity contribution is 6.30. The minimum absolute atomic E-state index is 0.0892. The molecule has 0 spiro atoms. The van der Waals surface area contributed by atoms with Crippen molar-refractivity contribution in [1.82, 2.24) is 10.3 Å². The lowest BCUT2D eigenvalue weighted by atomic mass is 10.2. The van der Waals surface area contributed by atoms with Gasteiger partial charge in [-0.25, -0.2) is 9.18 Å². The predicted molar refractivity (Wildman–Crippen MR) is 72.5 cm³/mol. The molecule has 0 bridgehead atoms. The summed E-state index contributed by atoms with van der Waals surface area (Å²) in [7, 11) is 0. The number of carbonyl (C=O) groups excluding carboxylic acids is 2. The number of hydrazine groups is 1. The molecule has 1 aromatic rings. The van der Waals surface area contributed by atoms with E-state index in [1.807, 2.05) is 0 Å². The van der Waals surface area contributed by atoms with Crippen molar-refractivity contribution >= 4 is 29.2 Å². The minimum atomic E-state index is -0.639. The Morgan fingerprint density at radius 1 is 1.45 bits per heavy atom. The fourth-order valence-corrected chi connectivity index (χ4v) is 2.26. The molecule has 1 aliphatic rings. The Labute approximate surface area is 120 Å². The van der Waals surface area contributed by atoms with Crippen molar-refractivity contribution in [3.8, 4) is 0 Å². The average molecular weight is 301 g/mol. The summed E-state index contributed by atoms with van der Waals surface area (Å²) in [4.78, 5) is 24.4. The molecule has 0 saturated carbocycles. The molecule has 0 aliphatic carbocycles. The number of likely N-dealkylation sites (tertiary alicyclic amines) is 1. The van der Waals surface area contributed by atoms with E-state index in [0.29, 0.717) is 19.4 Å². The van der Waals surface area contributed by atoms with Gasteiger partial charge in [0.05, 0.1) is 5.69 Å². The molecular weight excluding hydrogens is 287 g/mol. The van der Waals surface area contributed by atoms with E-state index in [1.165, 1.54) is 17.0 Å². The normalized spacial score (nSPS) is 17.9. The fourth-order valence-electron chi connectivity index (χ4n) is 2.11. The van der Waals surface area contributed by atoms with Gasteiger partial charge in [-0.1, -0.05) is 11.6 Å². The summed E-state index contributed by atoms with van der Waals surface area (Å²) >= 11 is 5.62. The Bertz CT molecular complexity index is 540. The van der Waals surface area contributed by atoms with Crippen molar-refractivity contribution in [2.45, 2.75) is 18.9 Å². The second-order valence-corrected chi connectivity index (χ2v) is 4.86. The first kappa shape index (κ1) is 14.4. The van der Waals surface area contributed by atoms with Crippen LogP contribution in [0.25, 0.3) is 0 Å². The highest BCUT2D eigenvalue weighted by atomic mass is 35.5. The third kappa shape index (κ3) is 3.11. The number of hydrogen-bond acceptors (Lipinski definition) is 3. The van der Waals surface area contributed by atoms with Crippen molar-refractivity contribution < 1.29 is 14.0 Å². The molecule has 1 unspecified atom stereocenters. The molecule has 1 heterocycles. The fraction of sp³-hybridized carbons (Fsp3) is 0.333. The van der Waals surface area contributed by atoms with Crippen molar-refractivity contribution in [1.29, 1.82) is 0 Å². The number of nitrogens with one attached hydrogen (secondary N) is 2. The largest absolute Gasteiger partial charge is 0.351 e. The lowest BCUT2D eigenvalue weighted by Gasteiger charge is -2.22. The van der Waals surface area contributed by atoms with Gasteiger partial charge in [0.25, 0.3) is 5.91 Å².